The SMILES string of the molecule is CCC(=O)N1CCN(C(=O)CCc2ccc(S(=O)(=O)N3CCCC3)cc2)CC1. The summed E-state index contributed by atoms with van der Waals surface area (Å²) in [6.07, 6.45) is 3.30. The van der Waals surface area contributed by atoms with E-state index in [1.807, 2.05) is 16.7 Å². The fraction of sp³-hybridized carbons (Fsp3) is 0.600. The fourth-order valence-corrected chi connectivity index (χ4v) is 5.26. The van der Waals surface area contributed by atoms with Gasteiger partial charge in [0.15, 0.2) is 0 Å². The molecule has 0 atom stereocenters. The van der Waals surface area contributed by atoms with Gasteiger partial charge in [0.2, 0.25) is 21.8 Å². The van der Waals surface area contributed by atoms with Crippen molar-refractivity contribution in [2.75, 3.05) is 39.3 Å². The highest BCUT2D eigenvalue weighted by Gasteiger charge is 2.27. The monoisotopic (exact) mass is 407 g/mol. The molecule has 2 saturated heterocycles. The zero-order valence-corrected chi connectivity index (χ0v) is 17.3. The first-order valence-electron chi connectivity index (χ1n) is 10.1. The molecule has 2 aliphatic rings. The van der Waals surface area contributed by atoms with Crippen LogP contribution in [0, 0.1) is 0 Å². The van der Waals surface area contributed by atoms with Gasteiger partial charge in [-0.3, -0.25) is 9.59 Å². The van der Waals surface area contributed by atoms with Crippen LogP contribution in [0.15, 0.2) is 29.2 Å². The third-order valence-corrected chi connectivity index (χ3v) is 7.45. The third kappa shape index (κ3) is 4.72. The van der Waals surface area contributed by atoms with Crippen molar-refractivity contribution in [2.45, 2.75) is 43.9 Å². The molecule has 1 aromatic carbocycles. The first-order chi connectivity index (χ1) is 13.4. The van der Waals surface area contributed by atoms with Crippen molar-refractivity contribution < 1.29 is 18.0 Å². The lowest BCUT2D eigenvalue weighted by molar-refractivity contribution is -0.139. The van der Waals surface area contributed by atoms with Crippen LogP contribution in [0.3, 0.4) is 0 Å². The Hall–Kier alpha value is -1.93. The zero-order valence-electron chi connectivity index (χ0n) is 16.5. The first-order valence-corrected chi connectivity index (χ1v) is 11.5. The van der Waals surface area contributed by atoms with E-state index in [0.29, 0.717) is 63.4 Å². The molecule has 2 heterocycles. The number of amides is 2. The predicted octanol–water partition coefficient (Wildman–Crippen LogP) is 1.48. The number of nitrogens with zero attached hydrogens (tertiary/aromatic N) is 3. The van der Waals surface area contributed by atoms with Crippen LogP contribution in [-0.4, -0.2) is 73.6 Å². The van der Waals surface area contributed by atoms with Crippen LogP contribution < -0.4 is 0 Å². The van der Waals surface area contributed by atoms with Gasteiger partial charge < -0.3 is 9.80 Å². The van der Waals surface area contributed by atoms with Crippen LogP contribution in [0.5, 0.6) is 0 Å². The number of carbonyl (C=O) groups is 2. The maximum Gasteiger partial charge on any atom is 0.243 e. The summed E-state index contributed by atoms with van der Waals surface area (Å²) in [7, 11) is -3.39. The van der Waals surface area contributed by atoms with Crippen molar-refractivity contribution in [2.24, 2.45) is 0 Å². The zero-order chi connectivity index (χ0) is 20.1. The van der Waals surface area contributed by atoms with Crippen molar-refractivity contribution >= 4 is 21.8 Å². The minimum atomic E-state index is -3.39. The second-order valence-electron chi connectivity index (χ2n) is 7.37. The summed E-state index contributed by atoms with van der Waals surface area (Å²) in [5, 5.41) is 0. The molecule has 1 aromatic rings. The maximum absolute atomic E-state index is 12.6. The van der Waals surface area contributed by atoms with Gasteiger partial charge in [0, 0.05) is 52.1 Å². The van der Waals surface area contributed by atoms with Crippen LogP contribution >= 0.6 is 0 Å². The van der Waals surface area contributed by atoms with Gasteiger partial charge in [-0.2, -0.15) is 4.31 Å². The molecule has 0 radical (unpaired) electrons. The van der Waals surface area contributed by atoms with Gasteiger partial charge in [-0.25, -0.2) is 8.42 Å². The number of aryl methyl sites for hydroxylation is 1. The molecule has 8 heteroatoms. The number of hydrogen-bond donors (Lipinski definition) is 0. The molecule has 0 aromatic heterocycles. The molecule has 0 spiro atoms. The van der Waals surface area contributed by atoms with Crippen LogP contribution in [-0.2, 0) is 26.0 Å². The van der Waals surface area contributed by atoms with E-state index in [0.717, 1.165) is 18.4 Å². The van der Waals surface area contributed by atoms with E-state index in [2.05, 4.69) is 0 Å². The fourth-order valence-electron chi connectivity index (χ4n) is 3.74. The Balaban J connectivity index is 1.50. The molecule has 0 saturated carbocycles. The van der Waals surface area contributed by atoms with Crippen molar-refractivity contribution in [1.82, 2.24) is 14.1 Å². The molecule has 2 aliphatic heterocycles. The van der Waals surface area contributed by atoms with E-state index in [-0.39, 0.29) is 11.8 Å². The molecule has 0 unspecified atom stereocenters. The Morgan fingerprint density at radius 3 is 1.93 bits per heavy atom. The van der Waals surface area contributed by atoms with Crippen molar-refractivity contribution in [3.05, 3.63) is 29.8 Å². The van der Waals surface area contributed by atoms with E-state index in [1.54, 1.807) is 24.3 Å². The van der Waals surface area contributed by atoms with Gasteiger partial charge in [-0.1, -0.05) is 19.1 Å². The van der Waals surface area contributed by atoms with Gasteiger partial charge in [0.1, 0.15) is 0 Å². The van der Waals surface area contributed by atoms with Gasteiger partial charge in [-0.15, -0.1) is 0 Å². The Morgan fingerprint density at radius 1 is 0.857 bits per heavy atom. The third-order valence-electron chi connectivity index (χ3n) is 5.54. The molecule has 0 N–H and O–H groups in total. The van der Waals surface area contributed by atoms with Crippen LogP contribution in [0.4, 0.5) is 0 Å². The normalized spacial score (nSPS) is 18.5. The highest BCUT2D eigenvalue weighted by Crippen LogP contribution is 2.21. The van der Waals surface area contributed by atoms with Crippen molar-refractivity contribution in [3.8, 4) is 0 Å². The molecule has 0 bridgehead atoms. The number of hydrogen-bond acceptors (Lipinski definition) is 4. The largest absolute Gasteiger partial charge is 0.339 e. The summed E-state index contributed by atoms with van der Waals surface area (Å²) in [4.78, 5) is 28.1. The molecule has 7 nitrogen and oxygen atoms in total. The second-order valence-corrected chi connectivity index (χ2v) is 9.31. The lowest BCUT2D eigenvalue weighted by Crippen LogP contribution is -2.50. The van der Waals surface area contributed by atoms with Crippen molar-refractivity contribution in [3.63, 3.8) is 0 Å². The highest BCUT2D eigenvalue weighted by atomic mass is 32.2. The molecule has 0 aliphatic carbocycles. The number of benzene rings is 1. The Labute approximate surface area is 167 Å². The van der Waals surface area contributed by atoms with Crippen LogP contribution in [0.2, 0.25) is 0 Å². The Morgan fingerprint density at radius 2 is 1.39 bits per heavy atom. The van der Waals surface area contributed by atoms with E-state index >= 15 is 0 Å². The van der Waals surface area contributed by atoms with Gasteiger partial charge >= 0.3 is 0 Å². The first kappa shape index (κ1) is 20.8. The molecular formula is C20H29N3O4S. The van der Waals surface area contributed by atoms with E-state index < -0.39 is 10.0 Å². The van der Waals surface area contributed by atoms with Gasteiger partial charge in [-0.05, 0) is 37.0 Å². The standard InChI is InChI=1S/C20H29N3O4S/c1-2-19(24)21-13-15-22(16-14-21)20(25)10-7-17-5-8-18(9-6-17)28(26,27)23-11-3-4-12-23/h5-6,8-9H,2-4,7,10-16H2,1H3. The van der Waals surface area contributed by atoms with E-state index in [1.165, 1.54) is 4.31 Å². The predicted molar refractivity (Wildman–Crippen MR) is 106 cm³/mol. The quantitative estimate of drug-likeness (QED) is 0.716. The highest BCUT2D eigenvalue weighted by molar-refractivity contribution is 7.89. The molecule has 3 rings (SSSR count). The summed E-state index contributed by atoms with van der Waals surface area (Å²) in [6.45, 7) is 5.39. The second kappa shape index (κ2) is 9.05. The molecule has 154 valence electrons. The summed E-state index contributed by atoms with van der Waals surface area (Å²) in [5.74, 6) is 0.216. The Bertz CT molecular complexity index is 793. The number of carbonyl (C=O) groups excluding carboxylic acids is 2. The van der Waals surface area contributed by atoms with Crippen molar-refractivity contribution in [1.29, 1.82) is 0 Å². The number of piperazine rings is 1. The average Bonchev–Trinajstić information content (AvgIpc) is 3.27. The lowest BCUT2D eigenvalue weighted by Gasteiger charge is -2.34. The number of rotatable bonds is 6. The average molecular weight is 408 g/mol. The van der Waals surface area contributed by atoms with E-state index in [9.17, 15) is 18.0 Å². The van der Waals surface area contributed by atoms with Gasteiger partial charge in [0.05, 0.1) is 4.90 Å². The molecular weight excluding hydrogens is 378 g/mol. The van der Waals surface area contributed by atoms with Crippen LogP contribution in [0.25, 0.3) is 0 Å². The summed E-state index contributed by atoms with van der Waals surface area (Å²) >= 11 is 0. The molecule has 28 heavy (non-hydrogen) atoms. The summed E-state index contributed by atoms with van der Waals surface area (Å²) in [6, 6.07) is 6.88. The smallest absolute Gasteiger partial charge is 0.243 e. The summed E-state index contributed by atoms with van der Waals surface area (Å²) in [5.41, 5.74) is 0.952. The topological polar surface area (TPSA) is 78.0 Å². The minimum Gasteiger partial charge on any atom is -0.339 e. The molecule has 2 fully saturated rings. The lowest BCUT2D eigenvalue weighted by atomic mass is 10.1. The van der Waals surface area contributed by atoms with Crippen LogP contribution in [0.1, 0.15) is 38.2 Å². The Kier molecular flexibility index (Phi) is 6.72. The number of sulfonamides is 1. The van der Waals surface area contributed by atoms with E-state index in [4.69, 9.17) is 0 Å². The van der Waals surface area contributed by atoms with Gasteiger partial charge in [0.25, 0.3) is 0 Å². The maximum atomic E-state index is 12.6. The molecule has 2 amide bonds. The summed E-state index contributed by atoms with van der Waals surface area (Å²) < 4.78 is 26.6. The minimum absolute atomic E-state index is 0.0809.